The average Bonchev–Trinajstić information content (AvgIpc) is 2.83. The van der Waals surface area contributed by atoms with E-state index in [2.05, 4.69) is 9.82 Å². The number of fused-ring (bicyclic) bond motifs is 1. The monoisotopic (exact) mass is 291 g/mol. The number of rotatable bonds is 3. The van der Waals surface area contributed by atoms with Crippen LogP contribution in [0.15, 0.2) is 41.4 Å². The highest BCUT2D eigenvalue weighted by atomic mass is 32.2. The van der Waals surface area contributed by atoms with Crippen molar-refractivity contribution in [2.75, 3.05) is 0 Å². The Balaban J connectivity index is 1.89. The highest BCUT2D eigenvalue weighted by Gasteiger charge is 2.27. The predicted octanol–water partition coefficient (Wildman–Crippen LogP) is 1.78. The van der Waals surface area contributed by atoms with Gasteiger partial charge in [0.1, 0.15) is 0 Å². The molecule has 3 rings (SSSR count). The summed E-state index contributed by atoms with van der Waals surface area (Å²) in [6, 6.07) is 8.29. The maximum atomic E-state index is 12.4. The van der Waals surface area contributed by atoms with Crippen LogP contribution in [0.1, 0.15) is 30.1 Å². The van der Waals surface area contributed by atoms with Crippen molar-refractivity contribution in [1.82, 2.24) is 14.5 Å². The fraction of sp³-hybridized carbons (Fsp3) is 0.357. The van der Waals surface area contributed by atoms with E-state index in [0.29, 0.717) is 4.90 Å². The molecule has 5 nitrogen and oxygen atoms in total. The molecule has 1 aromatic heterocycles. The van der Waals surface area contributed by atoms with Crippen LogP contribution in [0.4, 0.5) is 0 Å². The molecule has 0 saturated carbocycles. The Morgan fingerprint density at radius 3 is 2.80 bits per heavy atom. The fourth-order valence-electron chi connectivity index (χ4n) is 2.68. The molecule has 0 saturated heterocycles. The van der Waals surface area contributed by atoms with Crippen molar-refractivity contribution in [2.45, 2.75) is 30.2 Å². The molecule has 0 amide bonds. The Kier molecular flexibility index (Phi) is 3.35. The maximum Gasteiger partial charge on any atom is 0.241 e. The second kappa shape index (κ2) is 5.03. The molecule has 6 heteroatoms. The van der Waals surface area contributed by atoms with Crippen molar-refractivity contribution in [3.63, 3.8) is 0 Å². The molecule has 0 aliphatic heterocycles. The Labute approximate surface area is 118 Å². The lowest BCUT2D eigenvalue weighted by atomic mass is 9.94. The first-order chi connectivity index (χ1) is 9.58. The number of sulfonamides is 1. The molecule has 1 aliphatic rings. The Morgan fingerprint density at radius 2 is 2.05 bits per heavy atom. The summed E-state index contributed by atoms with van der Waals surface area (Å²) in [5.74, 6) is 0. The van der Waals surface area contributed by atoms with E-state index in [4.69, 9.17) is 0 Å². The molecule has 0 fully saturated rings. The normalized spacial score (nSPS) is 18.8. The minimum atomic E-state index is -3.48. The second-order valence-corrected chi connectivity index (χ2v) is 6.76. The van der Waals surface area contributed by atoms with Crippen molar-refractivity contribution < 1.29 is 8.42 Å². The molecule has 20 heavy (non-hydrogen) atoms. The molecule has 1 atom stereocenters. The first kappa shape index (κ1) is 13.3. The third-order valence-electron chi connectivity index (χ3n) is 3.73. The molecule has 1 heterocycles. The molecular weight excluding hydrogens is 274 g/mol. The van der Waals surface area contributed by atoms with E-state index >= 15 is 0 Å². The van der Waals surface area contributed by atoms with Gasteiger partial charge in [0, 0.05) is 18.3 Å². The number of nitrogens with one attached hydrogen (secondary N) is 1. The van der Waals surface area contributed by atoms with Crippen LogP contribution < -0.4 is 4.72 Å². The summed E-state index contributed by atoms with van der Waals surface area (Å²) in [6.45, 7) is 0. The summed E-state index contributed by atoms with van der Waals surface area (Å²) in [4.78, 5) is 0.302. The topological polar surface area (TPSA) is 64.0 Å². The van der Waals surface area contributed by atoms with Crippen molar-refractivity contribution in [1.29, 1.82) is 0 Å². The first-order valence-electron chi connectivity index (χ1n) is 6.66. The SMILES string of the molecule is Cn1ncc2c1CCC[C@@H]2NS(=O)(=O)c1ccccc1. The smallest absolute Gasteiger partial charge is 0.241 e. The molecule has 0 radical (unpaired) electrons. The number of aromatic nitrogens is 2. The van der Waals surface area contributed by atoms with Gasteiger partial charge in [-0.05, 0) is 31.4 Å². The summed E-state index contributed by atoms with van der Waals surface area (Å²) >= 11 is 0. The minimum Gasteiger partial charge on any atom is -0.272 e. The average molecular weight is 291 g/mol. The van der Waals surface area contributed by atoms with E-state index < -0.39 is 10.0 Å². The quantitative estimate of drug-likeness (QED) is 0.937. The summed E-state index contributed by atoms with van der Waals surface area (Å²) in [5, 5.41) is 4.23. The Hall–Kier alpha value is -1.66. The lowest BCUT2D eigenvalue weighted by Crippen LogP contribution is -2.31. The number of hydrogen-bond donors (Lipinski definition) is 1. The zero-order valence-electron chi connectivity index (χ0n) is 11.3. The van der Waals surface area contributed by atoms with E-state index in [0.717, 1.165) is 30.5 Å². The van der Waals surface area contributed by atoms with E-state index in [1.165, 1.54) is 0 Å². The van der Waals surface area contributed by atoms with Crippen molar-refractivity contribution in [3.8, 4) is 0 Å². The van der Waals surface area contributed by atoms with Gasteiger partial charge in [0.05, 0.1) is 17.1 Å². The molecule has 0 spiro atoms. The summed E-state index contributed by atoms with van der Waals surface area (Å²) in [7, 11) is -1.58. The lowest BCUT2D eigenvalue weighted by Gasteiger charge is -2.23. The van der Waals surface area contributed by atoms with Crippen LogP contribution in [0.3, 0.4) is 0 Å². The molecule has 0 bridgehead atoms. The van der Waals surface area contributed by atoms with Crippen LogP contribution in [0.2, 0.25) is 0 Å². The van der Waals surface area contributed by atoms with Crippen LogP contribution in [0.25, 0.3) is 0 Å². The molecule has 0 unspecified atom stereocenters. The van der Waals surface area contributed by atoms with Gasteiger partial charge in [0.25, 0.3) is 0 Å². The molecule has 1 aliphatic carbocycles. The molecule has 1 N–H and O–H groups in total. The van der Waals surface area contributed by atoms with Gasteiger partial charge in [-0.2, -0.15) is 5.10 Å². The van der Waals surface area contributed by atoms with Gasteiger partial charge < -0.3 is 0 Å². The summed E-state index contributed by atoms with van der Waals surface area (Å²) < 4.78 is 29.4. The number of benzene rings is 1. The predicted molar refractivity (Wildman–Crippen MR) is 75.7 cm³/mol. The van der Waals surface area contributed by atoms with Gasteiger partial charge in [-0.25, -0.2) is 13.1 Å². The van der Waals surface area contributed by atoms with Crippen molar-refractivity contribution in [2.24, 2.45) is 7.05 Å². The highest BCUT2D eigenvalue weighted by molar-refractivity contribution is 7.89. The van der Waals surface area contributed by atoms with Crippen molar-refractivity contribution in [3.05, 3.63) is 47.8 Å². The zero-order chi connectivity index (χ0) is 14.2. The Bertz CT molecular complexity index is 707. The number of aryl methyl sites for hydroxylation is 1. The minimum absolute atomic E-state index is 0.183. The van der Waals surface area contributed by atoms with Crippen LogP contribution in [-0.2, 0) is 23.5 Å². The van der Waals surface area contributed by atoms with E-state index in [9.17, 15) is 8.42 Å². The van der Waals surface area contributed by atoms with Gasteiger partial charge in [-0.15, -0.1) is 0 Å². The molecule has 106 valence electrons. The van der Waals surface area contributed by atoms with Crippen molar-refractivity contribution >= 4 is 10.0 Å². The number of hydrogen-bond acceptors (Lipinski definition) is 3. The van der Waals surface area contributed by atoms with Crippen LogP contribution >= 0.6 is 0 Å². The van der Waals surface area contributed by atoms with E-state index in [-0.39, 0.29) is 6.04 Å². The zero-order valence-corrected chi connectivity index (χ0v) is 12.1. The molecule has 2 aromatic rings. The van der Waals surface area contributed by atoms with Gasteiger partial charge in [-0.3, -0.25) is 4.68 Å². The Morgan fingerprint density at radius 1 is 1.30 bits per heavy atom. The van der Waals surface area contributed by atoms with Gasteiger partial charge in [-0.1, -0.05) is 18.2 Å². The largest absolute Gasteiger partial charge is 0.272 e. The summed E-state index contributed by atoms with van der Waals surface area (Å²) in [6.07, 6.45) is 4.50. The standard InChI is InChI=1S/C14H17N3O2S/c1-17-14-9-5-8-13(12(14)10-15-17)16-20(18,19)11-6-3-2-4-7-11/h2-4,6-7,10,13,16H,5,8-9H2,1H3/t13-/m0/s1. The fourth-order valence-corrected chi connectivity index (χ4v) is 3.95. The van der Waals surface area contributed by atoms with Crippen LogP contribution in [0.5, 0.6) is 0 Å². The van der Waals surface area contributed by atoms with Gasteiger partial charge in [0.15, 0.2) is 0 Å². The van der Waals surface area contributed by atoms with Gasteiger partial charge in [0.2, 0.25) is 10.0 Å². The molecular formula is C14H17N3O2S. The lowest BCUT2D eigenvalue weighted by molar-refractivity contribution is 0.498. The van der Waals surface area contributed by atoms with E-state index in [1.807, 2.05) is 11.7 Å². The maximum absolute atomic E-state index is 12.4. The molecule has 1 aromatic carbocycles. The number of nitrogens with zero attached hydrogens (tertiary/aromatic N) is 2. The van der Waals surface area contributed by atoms with Crippen LogP contribution in [0, 0.1) is 0 Å². The highest BCUT2D eigenvalue weighted by Crippen LogP contribution is 2.30. The first-order valence-corrected chi connectivity index (χ1v) is 8.14. The second-order valence-electron chi connectivity index (χ2n) is 5.05. The third-order valence-corrected chi connectivity index (χ3v) is 5.21. The summed E-state index contributed by atoms with van der Waals surface area (Å²) in [5.41, 5.74) is 2.12. The van der Waals surface area contributed by atoms with Crippen LogP contribution in [-0.4, -0.2) is 18.2 Å². The van der Waals surface area contributed by atoms with E-state index in [1.54, 1.807) is 36.5 Å². The van der Waals surface area contributed by atoms with Gasteiger partial charge >= 0.3 is 0 Å². The third kappa shape index (κ3) is 2.36.